The molecule has 4 nitrogen and oxygen atoms in total. The van der Waals surface area contributed by atoms with Gasteiger partial charge in [-0.15, -0.1) is 0 Å². The van der Waals surface area contributed by atoms with Crippen molar-refractivity contribution >= 4 is 27.7 Å². The summed E-state index contributed by atoms with van der Waals surface area (Å²) in [4.78, 5) is 5.64. The molecule has 1 unspecified atom stereocenters. The van der Waals surface area contributed by atoms with E-state index in [1.807, 2.05) is 43.3 Å². The minimum absolute atomic E-state index is 0.0147. The summed E-state index contributed by atoms with van der Waals surface area (Å²) in [5.41, 5.74) is 2.03. The number of hydrogen-bond acceptors (Lipinski definition) is 3. The van der Waals surface area contributed by atoms with Gasteiger partial charge in [-0.1, -0.05) is 58.1 Å². The maximum absolute atomic E-state index is 12.6. The van der Waals surface area contributed by atoms with Crippen LogP contribution in [-0.4, -0.2) is 26.0 Å². The summed E-state index contributed by atoms with van der Waals surface area (Å²) in [5, 5.41) is 0.687. The molecule has 0 aliphatic carbocycles. The van der Waals surface area contributed by atoms with E-state index in [1.54, 1.807) is 24.3 Å². The molecule has 0 amide bonds. The van der Waals surface area contributed by atoms with Crippen molar-refractivity contribution in [1.82, 2.24) is 4.47 Å². The number of benzene rings is 2. The van der Waals surface area contributed by atoms with Crippen molar-refractivity contribution in [1.29, 1.82) is 0 Å². The summed E-state index contributed by atoms with van der Waals surface area (Å²) in [6.45, 7) is 2.57. The predicted octanol–water partition coefficient (Wildman–Crippen LogP) is 3.91. The normalized spacial score (nSPS) is 19.2. The molecule has 0 aromatic heterocycles. The van der Waals surface area contributed by atoms with Crippen LogP contribution >= 0.6 is 11.6 Å². The van der Waals surface area contributed by atoms with Gasteiger partial charge >= 0.3 is 0 Å². The smallest absolute Gasteiger partial charge is 0.265 e. The summed E-state index contributed by atoms with van der Waals surface area (Å²) in [6, 6.07) is 14.2. The van der Waals surface area contributed by atoms with E-state index < -0.39 is 10.0 Å². The van der Waals surface area contributed by atoms with Gasteiger partial charge in [-0.3, -0.25) is 4.84 Å². The van der Waals surface area contributed by atoms with Crippen LogP contribution in [0.1, 0.15) is 11.1 Å². The van der Waals surface area contributed by atoms with Crippen molar-refractivity contribution in [3.05, 3.63) is 70.8 Å². The molecule has 1 aliphatic rings. The largest absolute Gasteiger partial charge is 0.283 e. The van der Waals surface area contributed by atoms with Crippen molar-refractivity contribution < 1.29 is 13.3 Å². The molecule has 6 heteroatoms. The third-order valence-electron chi connectivity index (χ3n) is 3.83. The minimum Gasteiger partial charge on any atom is -0.283 e. The third-order valence-corrected chi connectivity index (χ3v) is 5.74. The van der Waals surface area contributed by atoms with Crippen LogP contribution in [-0.2, 0) is 14.9 Å². The zero-order valence-electron chi connectivity index (χ0n) is 13.2. The molecular weight excluding hydrogens is 346 g/mol. The zero-order valence-corrected chi connectivity index (χ0v) is 14.8. The molecule has 24 heavy (non-hydrogen) atoms. The van der Waals surface area contributed by atoms with Crippen molar-refractivity contribution in [2.75, 3.05) is 13.2 Å². The van der Waals surface area contributed by atoms with E-state index in [-0.39, 0.29) is 10.8 Å². The van der Waals surface area contributed by atoms with Crippen molar-refractivity contribution in [3.8, 4) is 0 Å². The average molecular weight is 364 g/mol. The lowest BCUT2D eigenvalue weighted by molar-refractivity contribution is -0.0291. The van der Waals surface area contributed by atoms with Gasteiger partial charge in [-0.05, 0) is 36.8 Å². The average Bonchev–Trinajstić information content (AvgIpc) is 3.04. The van der Waals surface area contributed by atoms with Gasteiger partial charge in [0.25, 0.3) is 10.0 Å². The number of aryl methyl sites for hydroxylation is 1. The zero-order chi connectivity index (χ0) is 17.2. The third kappa shape index (κ3) is 3.87. The van der Waals surface area contributed by atoms with Gasteiger partial charge in [0.05, 0.1) is 11.5 Å². The Balaban J connectivity index is 1.68. The van der Waals surface area contributed by atoms with Gasteiger partial charge in [0.2, 0.25) is 0 Å². The Kier molecular flexibility index (Phi) is 5.06. The van der Waals surface area contributed by atoms with Crippen molar-refractivity contribution in [3.63, 3.8) is 0 Å². The lowest BCUT2D eigenvalue weighted by Gasteiger charge is -2.14. The summed E-state index contributed by atoms with van der Waals surface area (Å²) in [5.74, 6) is 0.0147. The number of sulfonamides is 1. The summed E-state index contributed by atoms with van der Waals surface area (Å²) < 4.78 is 26.2. The molecule has 0 saturated carbocycles. The van der Waals surface area contributed by atoms with Crippen molar-refractivity contribution in [2.24, 2.45) is 5.92 Å². The highest BCUT2D eigenvalue weighted by molar-refractivity contribution is 7.89. The SMILES string of the molecule is Cc1ccc(S(=O)(=O)N2CC(/C=C/c3ccc(Cl)cc3)CO2)cc1. The van der Waals surface area contributed by atoms with Crippen LogP contribution in [0.5, 0.6) is 0 Å². The van der Waals surface area contributed by atoms with Crippen LogP contribution < -0.4 is 0 Å². The van der Waals surface area contributed by atoms with Gasteiger partial charge in [0.1, 0.15) is 0 Å². The summed E-state index contributed by atoms with van der Waals surface area (Å²) in [6.07, 6.45) is 3.92. The Labute approximate surface area is 147 Å². The predicted molar refractivity (Wildman–Crippen MR) is 95.0 cm³/mol. The molecule has 1 atom stereocenters. The van der Waals surface area contributed by atoms with Gasteiger partial charge in [-0.2, -0.15) is 0 Å². The van der Waals surface area contributed by atoms with Crippen LogP contribution in [0.15, 0.2) is 59.5 Å². The first-order chi connectivity index (χ1) is 11.4. The molecule has 2 aromatic rings. The van der Waals surface area contributed by atoms with E-state index >= 15 is 0 Å². The molecule has 1 fully saturated rings. The molecule has 126 valence electrons. The van der Waals surface area contributed by atoms with Crippen molar-refractivity contribution in [2.45, 2.75) is 11.8 Å². The second kappa shape index (κ2) is 7.07. The van der Waals surface area contributed by atoms with Crippen LogP contribution in [0, 0.1) is 12.8 Å². The molecule has 2 aromatic carbocycles. The Hall–Kier alpha value is -1.66. The van der Waals surface area contributed by atoms with Gasteiger partial charge < -0.3 is 0 Å². The van der Waals surface area contributed by atoms with Crippen LogP contribution in [0.25, 0.3) is 6.08 Å². The first-order valence-electron chi connectivity index (χ1n) is 7.61. The van der Waals surface area contributed by atoms with Crippen LogP contribution in [0.3, 0.4) is 0 Å². The first-order valence-corrected chi connectivity index (χ1v) is 9.43. The van der Waals surface area contributed by atoms with E-state index in [0.29, 0.717) is 18.2 Å². The Bertz CT molecular complexity index is 830. The van der Waals surface area contributed by atoms with E-state index in [0.717, 1.165) is 15.6 Å². The summed E-state index contributed by atoms with van der Waals surface area (Å²) in [7, 11) is -3.62. The Morgan fingerprint density at radius 3 is 2.46 bits per heavy atom. The van der Waals surface area contributed by atoms with E-state index in [1.165, 1.54) is 0 Å². The highest BCUT2D eigenvalue weighted by Crippen LogP contribution is 2.24. The maximum Gasteiger partial charge on any atom is 0.265 e. The number of rotatable bonds is 4. The highest BCUT2D eigenvalue weighted by Gasteiger charge is 2.33. The van der Waals surface area contributed by atoms with Gasteiger partial charge in [0, 0.05) is 17.5 Å². The maximum atomic E-state index is 12.6. The van der Waals surface area contributed by atoms with Gasteiger partial charge in [-0.25, -0.2) is 8.42 Å². The number of hydroxylamine groups is 1. The lowest BCUT2D eigenvalue weighted by atomic mass is 10.1. The molecule has 0 spiro atoms. The Morgan fingerprint density at radius 1 is 1.12 bits per heavy atom. The molecule has 1 aliphatic heterocycles. The van der Waals surface area contributed by atoms with Gasteiger partial charge in [0.15, 0.2) is 0 Å². The first kappa shape index (κ1) is 17.2. The van der Waals surface area contributed by atoms with E-state index in [2.05, 4.69) is 0 Å². The minimum atomic E-state index is -3.62. The fourth-order valence-electron chi connectivity index (χ4n) is 2.41. The second-order valence-corrected chi connectivity index (χ2v) is 8.04. The van der Waals surface area contributed by atoms with Crippen LogP contribution in [0.2, 0.25) is 5.02 Å². The lowest BCUT2D eigenvalue weighted by Crippen LogP contribution is -2.27. The molecule has 3 rings (SSSR count). The van der Waals surface area contributed by atoms with Crippen LogP contribution in [0.4, 0.5) is 0 Å². The molecule has 1 heterocycles. The topological polar surface area (TPSA) is 46.6 Å². The number of halogens is 1. The molecule has 0 bridgehead atoms. The summed E-state index contributed by atoms with van der Waals surface area (Å²) >= 11 is 5.86. The highest BCUT2D eigenvalue weighted by atomic mass is 35.5. The fraction of sp³-hybridized carbons (Fsp3) is 0.222. The molecule has 0 N–H and O–H groups in total. The second-order valence-electron chi connectivity index (χ2n) is 5.77. The Morgan fingerprint density at radius 2 is 1.79 bits per heavy atom. The van der Waals surface area contributed by atoms with E-state index in [9.17, 15) is 8.42 Å². The fourth-order valence-corrected chi connectivity index (χ4v) is 3.84. The molecule has 1 saturated heterocycles. The quantitative estimate of drug-likeness (QED) is 0.827. The molecule has 0 radical (unpaired) electrons. The van der Waals surface area contributed by atoms with E-state index in [4.69, 9.17) is 16.4 Å². The number of hydrogen-bond donors (Lipinski definition) is 0. The monoisotopic (exact) mass is 363 g/mol. The molecular formula is C18H18ClNO3S. The number of nitrogens with zero attached hydrogens (tertiary/aromatic N) is 1. The standard InChI is InChI=1S/C18H18ClNO3S/c1-14-2-10-18(11-3-14)24(21,22)20-12-16(13-23-20)5-4-15-6-8-17(19)9-7-15/h2-11,16H,12-13H2,1H3/b5-4+.